The quantitative estimate of drug-likeness (QED) is 0.0869. The van der Waals surface area contributed by atoms with Crippen LogP contribution in [0.15, 0.2) is 61.4 Å². The largest absolute Gasteiger partial charge is 0.356 e. The lowest BCUT2D eigenvalue weighted by Crippen LogP contribution is -2.37. The number of carbonyl (C=O) groups excluding carboxylic acids is 4. The molecule has 2 aliphatic heterocycles. The average Bonchev–Trinajstić information content (AvgIpc) is 4.20. The summed E-state index contributed by atoms with van der Waals surface area (Å²) in [6.45, 7) is 6.76. The second-order valence-electron chi connectivity index (χ2n) is 19.4. The average molecular weight is 941 g/mol. The molecule has 4 aliphatic rings. The highest BCUT2D eigenvalue weighted by Crippen LogP contribution is 2.35. The van der Waals surface area contributed by atoms with Crippen LogP contribution in [0, 0.1) is 23.7 Å². The zero-order valence-electron chi connectivity index (χ0n) is 40.2. The maximum Gasteiger partial charge on any atom is 0.270 e. The molecule has 2 saturated carbocycles. The summed E-state index contributed by atoms with van der Waals surface area (Å²) < 4.78 is 7.00. The molecule has 0 spiro atoms. The second kappa shape index (κ2) is 22.3. The van der Waals surface area contributed by atoms with Gasteiger partial charge in [-0.25, -0.2) is 19.0 Å². The van der Waals surface area contributed by atoms with Gasteiger partial charge in [0.1, 0.15) is 11.4 Å². The van der Waals surface area contributed by atoms with E-state index in [0.717, 1.165) is 91.8 Å². The van der Waals surface area contributed by atoms with Crippen LogP contribution in [0.4, 0.5) is 0 Å². The standard InChI is InChI=1S/C26H35N7O2.C25H33N7O2/c1-2-32-22(11-13-28-32)26(35)31-24(19-8-5-3-4-6-9-19)21-17-33-23(30-21)15-18(16-29-33)14-20-10-7-12-27-25(20)34;1-2-31-21(10-12-27-31)25(34)30-23(18-7-5-3-4-6-8-18)20-16-32-22(29-20)14-17(15-28-32)13-19-9-11-26-24(19)33/h11,13,15-17,19-20,24H,2-10,12,14H2,1H3,(H,27,34)(H,31,35);10,12,14-16,18-19,23H,2-9,11,13H2,1H3,(H,26,33)(H,30,34). The van der Waals surface area contributed by atoms with E-state index < -0.39 is 0 Å². The molecule has 4 unspecified atom stereocenters. The lowest BCUT2D eigenvalue weighted by Gasteiger charge is -2.26. The van der Waals surface area contributed by atoms with Gasteiger partial charge in [-0.1, -0.05) is 51.4 Å². The molecule has 4 atom stereocenters. The molecule has 18 heteroatoms. The molecule has 2 aliphatic carbocycles. The molecule has 2 saturated heterocycles. The Labute approximate surface area is 403 Å². The molecule has 6 aromatic heterocycles. The maximum atomic E-state index is 13.3. The van der Waals surface area contributed by atoms with Gasteiger partial charge in [0, 0.05) is 50.4 Å². The topological polar surface area (TPSA) is 212 Å². The molecular formula is C51H68N14O4. The fourth-order valence-corrected chi connectivity index (χ4v) is 11.0. The van der Waals surface area contributed by atoms with E-state index in [1.54, 1.807) is 42.9 Å². The summed E-state index contributed by atoms with van der Waals surface area (Å²) in [5.41, 5.74) is 6.34. The molecule has 4 fully saturated rings. The zero-order valence-corrected chi connectivity index (χ0v) is 40.2. The van der Waals surface area contributed by atoms with Crippen LogP contribution >= 0.6 is 0 Å². The lowest BCUT2D eigenvalue weighted by atomic mass is 9.90. The van der Waals surface area contributed by atoms with E-state index in [4.69, 9.17) is 9.97 Å². The Hall–Kier alpha value is -6.46. The first-order valence-electron chi connectivity index (χ1n) is 25.6. The number of imidazole rings is 2. The molecule has 6 aromatic rings. The number of amides is 4. The SMILES string of the molecule is CCn1nccc1C(=O)NC(c1cn2ncc(CC3CCCNC3=O)cc2n1)C1CCCCCC1.CCn1nccc1C(=O)NC(c1cn2ncc(CC3CCNC3=O)cc2n1)C1CCCCCC1. The number of fused-ring (bicyclic) bond motifs is 2. The molecule has 10 rings (SSSR count). The molecule has 69 heavy (non-hydrogen) atoms. The molecular weight excluding hydrogens is 873 g/mol. The number of hydrogen-bond acceptors (Lipinski definition) is 10. The molecule has 0 bridgehead atoms. The van der Waals surface area contributed by atoms with Gasteiger partial charge in [0.25, 0.3) is 11.8 Å². The fourth-order valence-electron chi connectivity index (χ4n) is 11.0. The minimum absolute atomic E-state index is 0.000116. The second-order valence-corrected chi connectivity index (χ2v) is 19.4. The van der Waals surface area contributed by atoms with Crippen LogP contribution in [0.3, 0.4) is 0 Å². The first-order chi connectivity index (χ1) is 33.7. The summed E-state index contributed by atoms with van der Waals surface area (Å²) in [7, 11) is 0. The summed E-state index contributed by atoms with van der Waals surface area (Å²) in [5.74, 6) is 0.655. The van der Waals surface area contributed by atoms with E-state index in [0.29, 0.717) is 49.2 Å². The van der Waals surface area contributed by atoms with E-state index in [1.807, 2.05) is 50.8 Å². The monoisotopic (exact) mass is 941 g/mol. The van der Waals surface area contributed by atoms with Crippen molar-refractivity contribution in [3.63, 3.8) is 0 Å². The number of nitrogens with one attached hydrogen (secondary N) is 4. The smallest absolute Gasteiger partial charge is 0.270 e. The number of hydrogen-bond donors (Lipinski definition) is 4. The Morgan fingerprint density at radius 2 is 1.04 bits per heavy atom. The van der Waals surface area contributed by atoms with Crippen LogP contribution in [0.25, 0.3) is 11.3 Å². The molecule has 4 amide bonds. The summed E-state index contributed by atoms with van der Waals surface area (Å²) in [4.78, 5) is 60.5. The minimum atomic E-state index is -0.185. The van der Waals surface area contributed by atoms with Gasteiger partial charge in [-0.05, 0) is 119 Å². The first-order valence-corrected chi connectivity index (χ1v) is 25.6. The predicted molar refractivity (Wildman–Crippen MR) is 259 cm³/mol. The van der Waals surface area contributed by atoms with Crippen molar-refractivity contribution in [2.24, 2.45) is 23.7 Å². The lowest BCUT2D eigenvalue weighted by molar-refractivity contribution is -0.126. The van der Waals surface area contributed by atoms with Gasteiger partial charge >= 0.3 is 0 Å². The van der Waals surface area contributed by atoms with Crippen molar-refractivity contribution in [2.45, 2.75) is 148 Å². The number of piperidine rings is 1. The molecule has 0 radical (unpaired) electrons. The number of nitrogens with zero attached hydrogens (tertiary/aromatic N) is 10. The van der Waals surface area contributed by atoms with Crippen molar-refractivity contribution in [1.82, 2.24) is 70.0 Å². The number of rotatable bonds is 14. The number of aromatic nitrogens is 10. The van der Waals surface area contributed by atoms with E-state index in [1.165, 1.54) is 51.4 Å². The van der Waals surface area contributed by atoms with Gasteiger partial charge in [0.05, 0.1) is 48.3 Å². The highest BCUT2D eigenvalue weighted by molar-refractivity contribution is 5.93. The van der Waals surface area contributed by atoms with Gasteiger partial charge in [-0.15, -0.1) is 0 Å². The summed E-state index contributed by atoms with van der Waals surface area (Å²) in [6, 6.07) is 7.20. The van der Waals surface area contributed by atoms with Crippen molar-refractivity contribution in [1.29, 1.82) is 0 Å². The van der Waals surface area contributed by atoms with Crippen LogP contribution in [0.1, 0.15) is 166 Å². The third-order valence-corrected chi connectivity index (χ3v) is 14.8. The molecule has 18 nitrogen and oxygen atoms in total. The number of aryl methyl sites for hydroxylation is 2. The van der Waals surface area contributed by atoms with E-state index in [2.05, 4.69) is 41.7 Å². The van der Waals surface area contributed by atoms with Crippen LogP contribution in [-0.4, -0.2) is 85.5 Å². The van der Waals surface area contributed by atoms with Crippen molar-refractivity contribution in [3.05, 3.63) is 95.3 Å². The Bertz CT molecular complexity index is 2700. The Morgan fingerprint density at radius 3 is 1.46 bits per heavy atom. The van der Waals surface area contributed by atoms with Gasteiger partial charge in [0.15, 0.2) is 11.3 Å². The van der Waals surface area contributed by atoms with Crippen LogP contribution in [0.2, 0.25) is 0 Å². The van der Waals surface area contributed by atoms with E-state index in [9.17, 15) is 19.2 Å². The van der Waals surface area contributed by atoms with Gasteiger partial charge in [0.2, 0.25) is 11.8 Å². The van der Waals surface area contributed by atoms with Crippen molar-refractivity contribution < 1.29 is 19.2 Å². The highest BCUT2D eigenvalue weighted by atomic mass is 16.2. The van der Waals surface area contributed by atoms with Crippen LogP contribution in [0.5, 0.6) is 0 Å². The summed E-state index contributed by atoms with van der Waals surface area (Å²) >= 11 is 0. The maximum absolute atomic E-state index is 13.3. The van der Waals surface area contributed by atoms with Crippen LogP contribution < -0.4 is 21.3 Å². The zero-order chi connectivity index (χ0) is 47.7. The molecule has 366 valence electrons. The van der Waals surface area contributed by atoms with Crippen LogP contribution in [-0.2, 0) is 35.5 Å². The summed E-state index contributed by atoms with van der Waals surface area (Å²) in [5, 5.41) is 30.1. The Balaban J connectivity index is 0.000000172. The number of carbonyl (C=O) groups is 4. The fraction of sp³-hybridized carbons (Fsp3) is 0.569. The molecule has 8 heterocycles. The van der Waals surface area contributed by atoms with Gasteiger partial charge < -0.3 is 21.3 Å². The van der Waals surface area contributed by atoms with Crippen molar-refractivity contribution in [2.75, 3.05) is 13.1 Å². The highest BCUT2D eigenvalue weighted by Gasteiger charge is 2.32. The van der Waals surface area contributed by atoms with Crippen molar-refractivity contribution in [3.8, 4) is 0 Å². The summed E-state index contributed by atoms with van der Waals surface area (Å²) in [6.07, 6.45) is 28.9. The third-order valence-electron chi connectivity index (χ3n) is 14.8. The Morgan fingerprint density at radius 1 is 0.594 bits per heavy atom. The van der Waals surface area contributed by atoms with Crippen molar-refractivity contribution >= 4 is 34.9 Å². The molecule has 0 aromatic carbocycles. The van der Waals surface area contributed by atoms with Gasteiger partial charge in [-0.2, -0.15) is 20.4 Å². The predicted octanol–water partition coefficient (Wildman–Crippen LogP) is 6.52. The van der Waals surface area contributed by atoms with E-state index >= 15 is 0 Å². The Kier molecular flexibility index (Phi) is 15.4. The van der Waals surface area contributed by atoms with Gasteiger partial charge in [-0.3, -0.25) is 28.5 Å². The minimum Gasteiger partial charge on any atom is -0.356 e. The molecule has 4 N–H and O–H groups in total. The first kappa shape index (κ1) is 47.6. The normalized spacial score (nSPS) is 20.3. The van der Waals surface area contributed by atoms with E-state index in [-0.39, 0.29) is 47.5 Å². The third kappa shape index (κ3) is 11.4.